The molecule has 1 aromatic carbocycles. The van der Waals surface area contributed by atoms with Crippen LogP contribution < -0.4 is 5.73 Å². The lowest BCUT2D eigenvalue weighted by Crippen LogP contribution is -2.56. The lowest BCUT2D eigenvalue weighted by atomic mass is 9.77. The number of likely N-dealkylation sites (tertiary alicyclic amines) is 1. The van der Waals surface area contributed by atoms with Crippen molar-refractivity contribution >= 4 is 5.91 Å². The van der Waals surface area contributed by atoms with Gasteiger partial charge in [0, 0.05) is 19.1 Å². The molecular formula is C18H28N2O. The Morgan fingerprint density at radius 3 is 2.38 bits per heavy atom. The Bertz CT molecular complexity index is 517. The van der Waals surface area contributed by atoms with E-state index in [0.717, 1.165) is 25.1 Å². The highest BCUT2D eigenvalue weighted by molar-refractivity contribution is 5.87. The standard InChI is InChI=1S/C18H28N2O/c1-13-6-8-14(9-7-13)18(4,5)16(21)20-11-10-15(19)17(2,3)12-20/h6-9,15H,10-12,19H2,1-5H3. The Hall–Kier alpha value is -1.35. The van der Waals surface area contributed by atoms with Gasteiger partial charge in [-0.15, -0.1) is 0 Å². The van der Waals surface area contributed by atoms with E-state index in [1.165, 1.54) is 5.56 Å². The molecule has 3 heteroatoms. The first kappa shape index (κ1) is 16.0. The molecule has 2 N–H and O–H groups in total. The molecule has 1 aliphatic heterocycles. The molecule has 1 saturated heterocycles. The van der Waals surface area contributed by atoms with E-state index in [1.807, 2.05) is 18.7 Å². The van der Waals surface area contributed by atoms with E-state index in [9.17, 15) is 4.79 Å². The second-order valence-corrected chi connectivity index (χ2v) is 7.60. The second-order valence-electron chi connectivity index (χ2n) is 7.60. The zero-order chi connectivity index (χ0) is 15.8. The molecule has 2 rings (SSSR count). The summed E-state index contributed by atoms with van der Waals surface area (Å²) < 4.78 is 0. The molecule has 1 heterocycles. The first-order valence-electron chi connectivity index (χ1n) is 7.77. The van der Waals surface area contributed by atoms with Gasteiger partial charge in [-0.2, -0.15) is 0 Å². The Labute approximate surface area is 128 Å². The number of carbonyl (C=O) groups is 1. The second kappa shape index (κ2) is 5.45. The van der Waals surface area contributed by atoms with Crippen LogP contribution in [0.25, 0.3) is 0 Å². The molecule has 3 nitrogen and oxygen atoms in total. The third-order valence-electron chi connectivity index (χ3n) is 4.91. The summed E-state index contributed by atoms with van der Waals surface area (Å²) in [6, 6.07) is 8.44. The fourth-order valence-corrected chi connectivity index (χ4v) is 3.04. The van der Waals surface area contributed by atoms with Crippen molar-refractivity contribution < 1.29 is 4.79 Å². The van der Waals surface area contributed by atoms with Gasteiger partial charge in [-0.25, -0.2) is 0 Å². The van der Waals surface area contributed by atoms with Gasteiger partial charge in [-0.3, -0.25) is 4.79 Å². The molecular weight excluding hydrogens is 260 g/mol. The minimum atomic E-state index is -0.495. The number of benzene rings is 1. The topological polar surface area (TPSA) is 46.3 Å². The number of carbonyl (C=O) groups excluding carboxylic acids is 1. The summed E-state index contributed by atoms with van der Waals surface area (Å²) in [6.07, 6.45) is 0.878. The van der Waals surface area contributed by atoms with E-state index < -0.39 is 5.41 Å². The lowest BCUT2D eigenvalue weighted by molar-refractivity contribution is -0.139. The molecule has 0 radical (unpaired) electrons. The Morgan fingerprint density at radius 2 is 1.86 bits per heavy atom. The van der Waals surface area contributed by atoms with Crippen molar-refractivity contribution in [2.75, 3.05) is 13.1 Å². The molecule has 0 spiro atoms. The van der Waals surface area contributed by atoms with Gasteiger partial charge in [0.1, 0.15) is 0 Å². The highest BCUT2D eigenvalue weighted by atomic mass is 16.2. The molecule has 116 valence electrons. The highest BCUT2D eigenvalue weighted by Gasteiger charge is 2.40. The van der Waals surface area contributed by atoms with Gasteiger partial charge < -0.3 is 10.6 Å². The molecule has 1 aromatic rings. The van der Waals surface area contributed by atoms with Crippen molar-refractivity contribution in [3.8, 4) is 0 Å². The number of nitrogens with two attached hydrogens (primary N) is 1. The van der Waals surface area contributed by atoms with Crippen molar-refractivity contribution in [1.82, 2.24) is 4.90 Å². The number of nitrogens with zero attached hydrogens (tertiary/aromatic N) is 1. The summed E-state index contributed by atoms with van der Waals surface area (Å²) in [6.45, 7) is 11.9. The minimum Gasteiger partial charge on any atom is -0.341 e. The largest absolute Gasteiger partial charge is 0.341 e. The molecule has 0 aliphatic carbocycles. The van der Waals surface area contributed by atoms with Crippen molar-refractivity contribution in [1.29, 1.82) is 0 Å². The number of hydrogen-bond acceptors (Lipinski definition) is 2. The highest BCUT2D eigenvalue weighted by Crippen LogP contribution is 2.32. The Kier molecular flexibility index (Phi) is 4.16. The van der Waals surface area contributed by atoms with Crippen LogP contribution in [0.1, 0.15) is 45.2 Å². The van der Waals surface area contributed by atoms with Crippen LogP contribution in [-0.2, 0) is 10.2 Å². The maximum Gasteiger partial charge on any atom is 0.232 e. The molecule has 0 aromatic heterocycles. The fourth-order valence-electron chi connectivity index (χ4n) is 3.04. The summed E-state index contributed by atoms with van der Waals surface area (Å²) in [5.41, 5.74) is 7.95. The smallest absolute Gasteiger partial charge is 0.232 e. The summed E-state index contributed by atoms with van der Waals surface area (Å²) in [4.78, 5) is 15.0. The molecule has 1 aliphatic rings. The third-order valence-corrected chi connectivity index (χ3v) is 4.91. The Morgan fingerprint density at radius 1 is 1.29 bits per heavy atom. The van der Waals surface area contributed by atoms with Crippen molar-refractivity contribution in [2.45, 2.75) is 52.5 Å². The number of piperidine rings is 1. The zero-order valence-electron chi connectivity index (χ0n) is 13.9. The van der Waals surface area contributed by atoms with Crippen LogP contribution in [0.3, 0.4) is 0 Å². The summed E-state index contributed by atoms with van der Waals surface area (Å²) in [5.74, 6) is 0.200. The van der Waals surface area contributed by atoms with E-state index in [0.29, 0.717) is 0 Å². The molecule has 0 saturated carbocycles. The normalized spacial score (nSPS) is 22.2. The average molecular weight is 288 g/mol. The SMILES string of the molecule is Cc1ccc(C(C)(C)C(=O)N2CCC(N)C(C)(C)C2)cc1. The van der Waals surface area contributed by atoms with E-state index in [4.69, 9.17) is 5.73 Å². The molecule has 1 unspecified atom stereocenters. The lowest BCUT2D eigenvalue weighted by Gasteiger charge is -2.45. The third kappa shape index (κ3) is 3.13. The van der Waals surface area contributed by atoms with E-state index in [2.05, 4.69) is 45.0 Å². The predicted octanol–water partition coefficient (Wildman–Crippen LogP) is 2.86. The summed E-state index contributed by atoms with van der Waals surface area (Å²) in [5, 5.41) is 0. The van der Waals surface area contributed by atoms with Gasteiger partial charge in [-0.05, 0) is 38.2 Å². The number of hydrogen-bond donors (Lipinski definition) is 1. The predicted molar refractivity (Wildman–Crippen MR) is 87.2 cm³/mol. The van der Waals surface area contributed by atoms with Crippen LogP contribution in [-0.4, -0.2) is 29.9 Å². The minimum absolute atomic E-state index is 0.0166. The van der Waals surface area contributed by atoms with Gasteiger partial charge in [0.25, 0.3) is 0 Å². The molecule has 21 heavy (non-hydrogen) atoms. The quantitative estimate of drug-likeness (QED) is 0.909. The average Bonchev–Trinajstić information content (AvgIpc) is 2.41. The van der Waals surface area contributed by atoms with Crippen LogP contribution in [0, 0.1) is 12.3 Å². The summed E-state index contributed by atoms with van der Waals surface area (Å²) >= 11 is 0. The van der Waals surface area contributed by atoms with Gasteiger partial charge in [-0.1, -0.05) is 43.7 Å². The first-order chi connectivity index (χ1) is 9.64. The van der Waals surface area contributed by atoms with Crippen LogP contribution in [0.4, 0.5) is 0 Å². The summed E-state index contributed by atoms with van der Waals surface area (Å²) in [7, 11) is 0. The van der Waals surface area contributed by atoms with E-state index >= 15 is 0 Å². The maximum atomic E-state index is 13.0. The van der Waals surface area contributed by atoms with Crippen molar-refractivity contribution in [3.63, 3.8) is 0 Å². The van der Waals surface area contributed by atoms with Gasteiger partial charge in [0.15, 0.2) is 0 Å². The van der Waals surface area contributed by atoms with Crippen LogP contribution >= 0.6 is 0 Å². The van der Waals surface area contributed by atoms with Crippen molar-refractivity contribution in [3.05, 3.63) is 35.4 Å². The fraction of sp³-hybridized carbons (Fsp3) is 0.611. The van der Waals surface area contributed by atoms with Crippen LogP contribution in [0.15, 0.2) is 24.3 Å². The monoisotopic (exact) mass is 288 g/mol. The van der Waals surface area contributed by atoms with E-state index in [1.54, 1.807) is 0 Å². The van der Waals surface area contributed by atoms with E-state index in [-0.39, 0.29) is 17.4 Å². The van der Waals surface area contributed by atoms with Gasteiger partial charge in [0.2, 0.25) is 5.91 Å². The molecule has 1 amide bonds. The van der Waals surface area contributed by atoms with Gasteiger partial charge in [0.05, 0.1) is 5.41 Å². The van der Waals surface area contributed by atoms with Gasteiger partial charge >= 0.3 is 0 Å². The van der Waals surface area contributed by atoms with Crippen LogP contribution in [0.2, 0.25) is 0 Å². The first-order valence-corrected chi connectivity index (χ1v) is 7.77. The maximum absolute atomic E-state index is 13.0. The van der Waals surface area contributed by atoms with Crippen LogP contribution in [0.5, 0.6) is 0 Å². The number of aryl methyl sites for hydroxylation is 1. The molecule has 1 atom stereocenters. The molecule has 1 fully saturated rings. The zero-order valence-corrected chi connectivity index (χ0v) is 13.9. The number of rotatable bonds is 2. The molecule has 0 bridgehead atoms. The Balaban J connectivity index is 2.20. The van der Waals surface area contributed by atoms with Crippen molar-refractivity contribution in [2.24, 2.45) is 11.1 Å². The number of amides is 1.